The zero-order valence-electron chi connectivity index (χ0n) is 19.3. The molecule has 184 valence electrons. The molecule has 1 aliphatic heterocycles. The lowest BCUT2D eigenvalue weighted by Gasteiger charge is -2.36. The Morgan fingerprint density at radius 3 is 2.54 bits per heavy atom. The Labute approximate surface area is 199 Å². The Balaban J connectivity index is 1.75. The highest BCUT2D eigenvalue weighted by Crippen LogP contribution is 2.39. The van der Waals surface area contributed by atoms with Crippen LogP contribution in [0.5, 0.6) is 0 Å². The van der Waals surface area contributed by atoms with Crippen LogP contribution in [0.3, 0.4) is 0 Å². The van der Waals surface area contributed by atoms with Crippen molar-refractivity contribution in [1.29, 1.82) is 0 Å². The maximum absolute atomic E-state index is 14.7. The first kappa shape index (κ1) is 24.4. The molecule has 10 heteroatoms. The molecule has 3 aromatic rings. The van der Waals surface area contributed by atoms with Crippen molar-refractivity contribution < 1.29 is 27.2 Å². The van der Waals surface area contributed by atoms with Gasteiger partial charge in [-0.1, -0.05) is 26.0 Å². The lowest BCUT2D eigenvalue weighted by atomic mass is 9.82. The van der Waals surface area contributed by atoms with Gasteiger partial charge >= 0.3 is 6.18 Å². The van der Waals surface area contributed by atoms with Gasteiger partial charge in [0.15, 0.2) is 0 Å². The molecule has 0 bridgehead atoms. The number of aromatic amines is 1. The van der Waals surface area contributed by atoms with E-state index < -0.39 is 29.4 Å². The number of nitrogens with one attached hydrogen (secondary N) is 2. The summed E-state index contributed by atoms with van der Waals surface area (Å²) in [5.74, 6) is -2.21. The molecule has 2 N–H and O–H groups in total. The van der Waals surface area contributed by atoms with Gasteiger partial charge < -0.3 is 10.2 Å². The van der Waals surface area contributed by atoms with Gasteiger partial charge in [-0.15, -0.1) is 0 Å². The predicted octanol–water partition coefficient (Wildman–Crippen LogP) is 5.61. The molecular weight excluding hydrogens is 464 g/mol. The van der Waals surface area contributed by atoms with Gasteiger partial charge in [-0.05, 0) is 36.6 Å². The fourth-order valence-corrected chi connectivity index (χ4v) is 4.34. The number of carbonyl (C=O) groups is 2. The molecule has 0 aliphatic carbocycles. The first-order chi connectivity index (χ1) is 16.5. The van der Waals surface area contributed by atoms with Crippen LogP contribution in [0.4, 0.5) is 23.2 Å². The van der Waals surface area contributed by atoms with E-state index in [-0.39, 0.29) is 29.5 Å². The van der Waals surface area contributed by atoms with Gasteiger partial charge in [-0.2, -0.15) is 18.3 Å². The van der Waals surface area contributed by atoms with Gasteiger partial charge in [0.05, 0.1) is 23.0 Å². The van der Waals surface area contributed by atoms with E-state index in [1.54, 1.807) is 6.92 Å². The van der Waals surface area contributed by atoms with Gasteiger partial charge in [-0.3, -0.25) is 14.7 Å². The number of rotatable bonds is 5. The number of nitrogens with zero attached hydrogens (tertiary/aromatic N) is 2. The number of benzene rings is 2. The molecule has 0 saturated heterocycles. The van der Waals surface area contributed by atoms with E-state index in [0.717, 1.165) is 12.1 Å². The first-order valence-corrected chi connectivity index (χ1v) is 11.1. The van der Waals surface area contributed by atoms with Crippen molar-refractivity contribution in [3.63, 3.8) is 0 Å². The summed E-state index contributed by atoms with van der Waals surface area (Å²) >= 11 is 0. The monoisotopic (exact) mass is 488 g/mol. The normalized spacial score (nSPS) is 17.0. The van der Waals surface area contributed by atoms with Gasteiger partial charge in [0.2, 0.25) is 5.91 Å². The lowest BCUT2D eigenvalue weighted by molar-refractivity contribution is -0.137. The molecule has 1 unspecified atom stereocenters. The highest BCUT2D eigenvalue weighted by atomic mass is 19.4. The number of halogens is 4. The molecule has 0 radical (unpaired) electrons. The standard InChI is InChI=1S/C25H24F4N4O2/c1-13(2)12-33-14(3)23(24(35)31-21-8-16-11-30-32-20(16)10-19(21)26)18(9-22(33)34)15-4-6-17(7-5-15)25(27,28)29/h4-8,10-11,13,18H,9,12H2,1-3H3,(H,30,32)(H,31,35). The number of carbonyl (C=O) groups excluding carboxylic acids is 2. The van der Waals surface area contributed by atoms with E-state index in [0.29, 0.717) is 28.7 Å². The zero-order valence-corrected chi connectivity index (χ0v) is 19.3. The Bertz CT molecular complexity index is 1310. The molecule has 1 aromatic heterocycles. The SMILES string of the molecule is CC1=C(C(=O)Nc2cc3cn[nH]c3cc2F)C(c2ccc(C(F)(F)F)cc2)CC(=O)N1CC(C)C. The summed E-state index contributed by atoms with van der Waals surface area (Å²) in [4.78, 5) is 27.9. The van der Waals surface area contributed by atoms with Crippen LogP contribution in [-0.4, -0.2) is 33.5 Å². The number of fused-ring (bicyclic) bond motifs is 1. The minimum atomic E-state index is -4.51. The van der Waals surface area contributed by atoms with Crippen molar-refractivity contribution in [2.45, 2.75) is 39.3 Å². The van der Waals surface area contributed by atoms with Gasteiger partial charge in [0, 0.05) is 41.6 Å². The molecule has 6 nitrogen and oxygen atoms in total. The average molecular weight is 488 g/mol. The molecule has 0 saturated carbocycles. The quantitative estimate of drug-likeness (QED) is 0.459. The third-order valence-electron chi connectivity index (χ3n) is 6.03. The fourth-order valence-electron chi connectivity index (χ4n) is 4.34. The summed E-state index contributed by atoms with van der Waals surface area (Å²) in [5, 5.41) is 9.67. The topological polar surface area (TPSA) is 78.1 Å². The highest BCUT2D eigenvalue weighted by molar-refractivity contribution is 6.07. The number of hydrogen-bond acceptors (Lipinski definition) is 3. The fraction of sp³-hybridized carbons (Fsp3) is 0.320. The van der Waals surface area contributed by atoms with Crippen molar-refractivity contribution >= 4 is 28.4 Å². The van der Waals surface area contributed by atoms with Gasteiger partial charge in [0.1, 0.15) is 5.82 Å². The summed E-state index contributed by atoms with van der Waals surface area (Å²) in [7, 11) is 0. The Morgan fingerprint density at radius 1 is 1.23 bits per heavy atom. The highest BCUT2D eigenvalue weighted by Gasteiger charge is 2.37. The second kappa shape index (κ2) is 9.16. The molecule has 1 atom stereocenters. The molecular formula is C25H24F4N4O2. The van der Waals surface area contributed by atoms with Crippen LogP contribution in [-0.2, 0) is 15.8 Å². The van der Waals surface area contributed by atoms with Crippen molar-refractivity contribution in [2.75, 3.05) is 11.9 Å². The molecule has 2 aromatic carbocycles. The average Bonchev–Trinajstić information content (AvgIpc) is 3.22. The number of amides is 2. The molecule has 4 rings (SSSR count). The van der Waals surface area contributed by atoms with Crippen LogP contribution in [0.25, 0.3) is 10.9 Å². The smallest absolute Gasteiger partial charge is 0.320 e. The van der Waals surface area contributed by atoms with Crippen LogP contribution in [0.2, 0.25) is 0 Å². The van der Waals surface area contributed by atoms with E-state index in [4.69, 9.17) is 0 Å². The maximum atomic E-state index is 14.7. The Hall–Kier alpha value is -3.69. The molecule has 0 spiro atoms. The van der Waals surface area contributed by atoms with Gasteiger partial charge in [0.25, 0.3) is 5.91 Å². The summed E-state index contributed by atoms with van der Waals surface area (Å²) in [6.45, 7) is 5.85. The Kier molecular flexibility index (Phi) is 6.40. The number of hydrogen-bond donors (Lipinski definition) is 2. The van der Waals surface area contributed by atoms with Crippen molar-refractivity contribution in [3.05, 3.63) is 70.8 Å². The second-order valence-corrected chi connectivity index (χ2v) is 9.02. The van der Waals surface area contributed by atoms with Crippen LogP contribution < -0.4 is 5.32 Å². The van der Waals surface area contributed by atoms with E-state index in [1.807, 2.05) is 13.8 Å². The van der Waals surface area contributed by atoms with E-state index in [1.165, 1.54) is 35.4 Å². The third-order valence-corrected chi connectivity index (χ3v) is 6.03. The molecule has 0 fully saturated rings. The van der Waals surface area contributed by atoms with E-state index in [2.05, 4.69) is 15.5 Å². The molecule has 35 heavy (non-hydrogen) atoms. The first-order valence-electron chi connectivity index (χ1n) is 11.1. The van der Waals surface area contributed by atoms with Crippen LogP contribution >= 0.6 is 0 Å². The van der Waals surface area contributed by atoms with Crippen LogP contribution in [0, 0.1) is 11.7 Å². The van der Waals surface area contributed by atoms with E-state index >= 15 is 0 Å². The number of allylic oxidation sites excluding steroid dienone is 1. The van der Waals surface area contributed by atoms with E-state index in [9.17, 15) is 27.2 Å². The maximum Gasteiger partial charge on any atom is 0.416 e. The van der Waals surface area contributed by atoms with Crippen molar-refractivity contribution in [1.82, 2.24) is 15.1 Å². The van der Waals surface area contributed by atoms with Crippen molar-refractivity contribution in [3.8, 4) is 0 Å². The molecule has 2 amide bonds. The van der Waals surface area contributed by atoms with Crippen LogP contribution in [0.15, 0.2) is 53.9 Å². The number of anilines is 1. The van der Waals surface area contributed by atoms with Gasteiger partial charge in [-0.25, -0.2) is 4.39 Å². The summed E-state index contributed by atoms with van der Waals surface area (Å²) < 4.78 is 53.8. The number of H-pyrrole nitrogens is 1. The number of alkyl halides is 3. The van der Waals surface area contributed by atoms with Crippen LogP contribution in [0.1, 0.15) is 44.2 Å². The number of aromatic nitrogens is 2. The molecule has 2 heterocycles. The lowest BCUT2D eigenvalue weighted by Crippen LogP contribution is -2.41. The zero-order chi connectivity index (χ0) is 25.5. The largest absolute Gasteiger partial charge is 0.416 e. The predicted molar refractivity (Wildman–Crippen MR) is 123 cm³/mol. The summed E-state index contributed by atoms with van der Waals surface area (Å²) in [6.07, 6.45) is -3.12. The minimum Gasteiger partial charge on any atom is -0.320 e. The minimum absolute atomic E-state index is 0.0670. The van der Waals surface area contributed by atoms with Crippen molar-refractivity contribution in [2.24, 2.45) is 5.92 Å². The third kappa shape index (κ3) is 4.91. The second-order valence-electron chi connectivity index (χ2n) is 9.02. The molecule has 1 aliphatic rings. The summed E-state index contributed by atoms with van der Waals surface area (Å²) in [6, 6.07) is 7.06. The Morgan fingerprint density at radius 2 is 1.91 bits per heavy atom. The summed E-state index contributed by atoms with van der Waals surface area (Å²) in [5.41, 5.74) is 0.559.